The van der Waals surface area contributed by atoms with E-state index < -0.39 is 33.1 Å². The standard InChI is InChI=1S/C18H22FN3O5S/c1-28(26,27)12-6-7-13(19)14(11-12)20-15(23)5-4-10-22-16(24)18(21-17(22)25)8-2-3-9-18/h6-7,11H,2-5,8-10H2,1H3,(H,20,23)(H,21,25). The Bertz CT molecular complexity index is 925. The van der Waals surface area contributed by atoms with Crippen molar-refractivity contribution in [2.45, 2.75) is 49.0 Å². The molecule has 3 rings (SSSR count). The van der Waals surface area contributed by atoms with Crippen molar-refractivity contribution >= 4 is 33.4 Å². The van der Waals surface area contributed by atoms with Crippen LogP contribution < -0.4 is 10.6 Å². The molecule has 1 spiro atoms. The number of hydrogen-bond donors (Lipinski definition) is 2. The van der Waals surface area contributed by atoms with Crippen LogP contribution in [0.25, 0.3) is 0 Å². The van der Waals surface area contributed by atoms with Crippen LogP contribution in [0.2, 0.25) is 0 Å². The first-order valence-corrected chi connectivity index (χ1v) is 11.0. The van der Waals surface area contributed by atoms with Crippen molar-refractivity contribution < 1.29 is 27.2 Å². The lowest BCUT2D eigenvalue weighted by atomic mass is 9.98. The summed E-state index contributed by atoms with van der Waals surface area (Å²) in [5.41, 5.74) is -1.01. The Morgan fingerprint density at radius 2 is 1.96 bits per heavy atom. The normalized spacial score (nSPS) is 18.6. The smallest absolute Gasteiger partial charge is 0.324 e. The third-order valence-corrected chi connectivity index (χ3v) is 6.24. The molecule has 1 aliphatic carbocycles. The Kier molecular flexibility index (Phi) is 5.42. The van der Waals surface area contributed by atoms with Gasteiger partial charge in [-0.15, -0.1) is 0 Å². The van der Waals surface area contributed by atoms with Gasteiger partial charge in [0.25, 0.3) is 5.91 Å². The van der Waals surface area contributed by atoms with Crippen LogP contribution in [0.15, 0.2) is 23.1 Å². The van der Waals surface area contributed by atoms with Gasteiger partial charge in [-0.2, -0.15) is 0 Å². The molecule has 0 aromatic heterocycles. The van der Waals surface area contributed by atoms with Crippen molar-refractivity contribution in [3.63, 3.8) is 0 Å². The summed E-state index contributed by atoms with van der Waals surface area (Å²) in [5.74, 6) is -1.53. The number of nitrogens with zero attached hydrogens (tertiary/aromatic N) is 1. The predicted octanol–water partition coefficient (Wildman–Crippen LogP) is 1.81. The number of nitrogens with one attached hydrogen (secondary N) is 2. The fourth-order valence-corrected chi connectivity index (χ4v) is 4.29. The highest BCUT2D eigenvalue weighted by molar-refractivity contribution is 7.90. The number of hydrogen-bond acceptors (Lipinski definition) is 5. The lowest BCUT2D eigenvalue weighted by Crippen LogP contribution is -2.44. The van der Waals surface area contributed by atoms with Gasteiger partial charge in [-0.3, -0.25) is 14.5 Å². The first-order valence-electron chi connectivity index (χ1n) is 9.06. The molecule has 0 bridgehead atoms. The maximum Gasteiger partial charge on any atom is 0.325 e. The van der Waals surface area contributed by atoms with Crippen molar-refractivity contribution in [1.29, 1.82) is 0 Å². The minimum absolute atomic E-state index is 0.0490. The number of rotatable bonds is 6. The number of carbonyl (C=O) groups is 3. The number of urea groups is 1. The van der Waals surface area contributed by atoms with E-state index in [4.69, 9.17) is 0 Å². The SMILES string of the molecule is CS(=O)(=O)c1ccc(F)c(NC(=O)CCCN2C(=O)NC3(CCCC3)C2=O)c1. The van der Waals surface area contributed by atoms with E-state index >= 15 is 0 Å². The molecule has 2 aliphatic rings. The van der Waals surface area contributed by atoms with Gasteiger partial charge in [0.05, 0.1) is 10.6 Å². The second-order valence-electron chi connectivity index (χ2n) is 7.24. The molecule has 0 atom stereocenters. The van der Waals surface area contributed by atoms with E-state index in [2.05, 4.69) is 10.6 Å². The molecule has 1 aliphatic heterocycles. The third kappa shape index (κ3) is 4.01. The summed E-state index contributed by atoms with van der Waals surface area (Å²) >= 11 is 0. The van der Waals surface area contributed by atoms with Crippen LogP contribution in [0.4, 0.5) is 14.9 Å². The minimum atomic E-state index is -3.54. The lowest BCUT2D eigenvalue weighted by Gasteiger charge is -2.19. The van der Waals surface area contributed by atoms with Crippen molar-refractivity contribution in [2.75, 3.05) is 18.1 Å². The lowest BCUT2D eigenvalue weighted by molar-refractivity contribution is -0.131. The second kappa shape index (κ2) is 7.50. The van der Waals surface area contributed by atoms with Crippen molar-refractivity contribution in [3.8, 4) is 0 Å². The number of amides is 4. The quantitative estimate of drug-likeness (QED) is 0.548. The Morgan fingerprint density at radius 3 is 2.61 bits per heavy atom. The van der Waals surface area contributed by atoms with Gasteiger partial charge in [-0.25, -0.2) is 17.6 Å². The van der Waals surface area contributed by atoms with Crippen molar-refractivity contribution in [3.05, 3.63) is 24.0 Å². The molecule has 4 amide bonds. The molecule has 8 nitrogen and oxygen atoms in total. The average molecular weight is 411 g/mol. The molecule has 2 fully saturated rings. The van der Waals surface area contributed by atoms with E-state index in [9.17, 15) is 27.2 Å². The maximum absolute atomic E-state index is 13.8. The van der Waals surface area contributed by atoms with Crippen LogP contribution in [0.3, 0.4) is 0 Å². The molecule has 2 N–H and O–H groups in total. The fraction of sp³-hybridized carbons (Fsp3) is 0.500. The summed E-state index contributed by atoms with van der Waals surface area (Å²) in [6.45, 7) is 0.0890. The second-order valence-corrected chi connectivity index (χ2v) is 9.26. The molecule has 0 unspecified atom stereocenters. The van der Waals surface area contributed by atoms with E-state index in [1.807, 2.05) is 0 Å². The molecule has 1 saturated heterocycles. The molecule has 152 valence electrons. The average Bonchev–Trinajstić information content (AvgIpc) is 3.16. The van der Waals surface area contributed by atoms with Crippen molar-refractivity contribution in [2.24, 2.45) is 0 Å². The highest BCUT2D eigenvalue weighted by Crippen LogP contribution is 2.35. The number of halogens is 1. The summed E-state index contributed by atoms with van der Waals surface area (Å²) in [6.07, 6.45) is 4.19. The number of anilines is 1. The summed E-state index contributed by atoms with van der Waals surface area (Å²) in [6, 6.07) is 2.71. The highest BCUT2D eigenvalue weighted by Gasteiger charge is 2.52. The molecule has 1 aromatic rings. The van der Waals surface area contributed by atoms with Gasteiger partial charge in [0.15, 0.2) is 9.84 Å². The van der Waals surface area contributed by atoms with Crippen LogP contribution >= 0.6 is 0 Å². The Hall–Kier alpha value is -2.49. The van der Waals surface area contributed by atoms with E-state index in [1.165, 1.54) is 0 Å². The van der Waals surface area contributed by atoms with Gasteiger partial charge in [-0.1, -0.05) is 12.8 Å². The first-order chi connectivity index (χ1) is 13.1. The van der Waals surface area contributed by atoms with Gasteiger partial charge in [0, 0.05) is 19.2 Å². The van der Waals surface area contributed by atoms with Gasteiger partial charge in [0.1, 0.15) is 11.4 Å². The van der Waals surface area contributed by atoms with E-state index in [-0.39, 0.29) is 35.9 Å². The van der Waals surface area contributed by atoms with Crippen LogP contribution in [0, 0.1) is 5.82 Å². The number of imide groups is 1. The summed E-state index contributed by atoms with van der Waals surface area (Å²) in [7, 11) is -3.54. The van der Waals surface area contributed by atoms with Gasteiger partial charge < -0.3 is 10.6 Å². The van der Waals surface area contributed by atoms with Crippen LogP contribution in [0.1, 0.15) is 38.5 Å². The maximum atomic E-state index is 13.8. The molecule has 1 heterocycles. The van der Waals surface area contributed by atoms with Crippen LogP contribution in [0.5, 0.6) is 0 Å². The van der Waals surface area contributed by atoms with E-state index in [1.54, 1.807) is 0 Å². The molecular weight excluding hydrogens is 389 g/mol. The van der Waals surface area contributed by atoms with E-state index in [0.29, 0.717) is 12.8 Å². The van der Waals surface area contributed by atoms with Crippen LogP contribution in [-0.4, -0.2) is 49.5 Å². The first kappa shape index (κ1) is 20.2. The fourth-order valence-electron chi connectivity index (χ4n) is 3.64. The number of benzene rings is 1. The van der Waals surface area contributed by atoms with E-state index in [0.717, 1.165) is 42.2 Å². The Morgan fingerprint density at radius 1 is 1.29 bits per heavy atom. The van der Waals surface area contributed by atoms with Gasteiger partial charge >= 0.3 is 6.03 Å². The Balaban J connectivity index is 1.56. The Labute approximate surface area is 162 Å². The number of carbonyl (C=O) groups excluding carboxylic acids is 3. The zero-order valence-electron chi connectivity index (χ0n) is 15.5. The molecular formula is C18H22FN3O5S. The summed E-state index contributed by atoms with van der Waals surface area (Å²) in [4.78, 5) is 37.7. The molecule has 28 heavy (non-hydrogen) atoms. The zero-order chi connectivity index (χ0) is 20.5. The molecule has 1 aromatic carbocycles. The monoisotopic (exact) mass is 411 g/mol. The predicted molar refractivity (Wildman–Crippen MR) is 98.8 cm³/mol. The van der Waals surface area contributed by atoms with Crippen LogP contribution in [-0.2, 0) is 19.4 Å². The topological polar surface area (TPSA) is 113 Å². The highest BCUT2D eigenvalue weighted by atomic mass is 32.2. The molecule has 10 heteroatoms. The summed E-state index contributed by atoms with van der Waals surface area (Å²) in [5, 5.41) is 5.10. The minimum Gasteiger partial charge on any atom is -0.324 e. The number of sulfone groups is 1. The largest absolute Gasteiger partial charge is 0.325 e. The summed E-state index contributed by atoms with van der Waals surface area (Å²) < 4.78 is 37.0. The molecule has 0 radical (unpaired) electrons. The molecule has 1 saturated carbocycles. The van der Waals surface area contributed by atoms with Crippen molar-refractivity contribution in [1.82, 2.24) is 10.2 Å². The van der Waals surface area contributed by atoms with Gasteiger partial charge in [0.2, 0.25) is 5.91 Å². The van der Waals surface area contributed by atoms with Gasteiger partial charge in [-0.05, 0) is 37.5 Å². The zero-order valence-corrected chi connectivity index (χ0v) is 16.3. The third-order valence-electron chi connectivity index (χ3n) is 5.13.